The van der Waals surface area contributed by atoms with Crippen LogP contribution in [0.1, 0.15) is 108 Å². The molecule has 0 N–H and O–H groups in total. The lowest BCUT2D eigenvalue weighted by atomic mass is 10.1. The summed E-state index contributed by atoms with van der Waals surface area (Å²) in [6.45, 7) is 29.0. The summed E-state index contributed by atoms with van der Waals surface area (Å²) in [5, 5.41) is 0. The van der Waals surface area contributed by atoms with E-state index in [2.05, 4.69) is 82.3 Å². The third-order valence-corrected chi connectivity index (χ3v) is 34.1. The molecule has 0 unspecified atom stereocenters. The Bertz CT molecular complexity index is 528. The normalized spacial score (nSPS) is 13.8. The van der Waals surface area contributed by atoms with Crippen LogP contribution in [0, 0.1) is 0 Å². The van der Waals surface area contributed by atoms with Gasteiger partial charge in [0.1, 0.15) is 0 Å². The summed E-state index contributed by atoms with van der Waals surface area (Å²) < 4.78 is 28.8. The minimum Gasteiger partial charge on any atom is -0.418 e. The summed E-state index contributed by atoms with van der Waals surface area (Å²) in [6.07, 6.45) is 7.77. The van der Waals surface area contributed by atoms with Gasteiger partial charge in [0, 0.05) is 12.7 Å². The smallest absolute Gasteiger partial charge is 0.418 e. The van der Waals surface area contributed by atoms with E-state index in [0.29, 0.717) is 0 Å². The molecule has 39 heavy (non-hydrogen) atoms. The molecule has 0 saturated heterocycles. The highest BCUT2D eigenvalue weighted by Gasteiger charge is 2.54. The first kappa shape index (κ1) is 39.9. The zero-order valence-corrected chi connectivity index (χ0v) is 33.9. The monoisotopic (exact) mass is 636 g/mol. The van der Waals surface area contributed by atoms with Crippen molar-refractivity contribution < 1.29 is 16.8 Å². The summed E-state index contributed by atoms with van der Waals surface area (Å²) in [6, 6.07) is 12.8. The SMILES string of the molecule is CCO[Si](C)(C)CCCCCCCC[Si](O[Si](CC)(CC)CC)(O[Si](CC)(CC)CC)O[Si](CC)(CC)CC. The zero-order valence-electron chi connectivity index (χ0n) is 28.9. The number of hydrogen-bond acceptors (Lipinski definition) is 4. The van der Waals surface area contributed by atoms with Crippen LogP contribution in [-0.2, 0) is 16.8 Å². The van der Waals surface area contributed by atoms with Crippen molar-refractivity contribution in [3.63, 3.8) is 0 Å². The van der Waals surface area contributed by atoms with E-state index < -0.39 is 42.1 Å². The van der Waals surface area contributed by atoms with Crippen LogP contribution in [0.5, 0.6) is 0 Å². The first-order valence-corrected chi connectivity index (χ1v) is 29.8. The molecule has 9 heteroatoms. The Morgan fingerprint density at radius 3 is 0.949 bits per heavy atom. The van der Waals surface area contributed by atoms with Gasteiger partial charge in [-0.1, -0.05) is 94.4 Å². The molecule has 4 nitrogen and oxygen atoms in total. The van der Waals surface area contributed by atoms with Crippen LogP contribution < -0.4 is 0 Å². The molecule has 0 aliphatic heterocycles. The minimum absolute atomic E-state index is 0.867. The van der Waals surface area contributed by atoms with Gasteiger partial charge in [-0.05, 0) is 86.9 Å². The Morgan fingerprint density at radius 1 is 0.385 bits per heavy atom. The van der Waals surface area contributed by atoms with E-state index in [1.807, 2.05) is 0 Å². The van der Waals surface area contributed by atoms with Gasteiger partial charge in [0.25, 0.3) is 0 Å². The van der Waals surface area contributed by atoms with Crippen molar-refractivity contribution in [2.24, 2.45) is 0 Å². The molecule has 0 aromatic rings. The van der Waals surface area contributed by atoms with E-state index in [0.717, 1.165) is 12.7 Å². The highest BCUT2D eigenvalue weighted by Crippen LogP contribution is 2.39. The molecule has 0 bridgehead atoms. The first-order valence-electron chi connectivity index (χ1n) is 17.2. The lowest BCUT2D eigenvalue weighted by molar-refractivity contribution is 0.237. The van der Waals surface area contributed by atoms with Gasteiger partial charge >= 0.3 is 8.80 Å². The molecule has 0 rings (SSSR count). The molecule has 0 heterocycles. The highest BCUT2D eigenvalue weighted by atomic mass is 28.5. The maximum absolute atomic E-state index is 7.59. The van der Waals surface area contributed by atoms with Crippen LogP contribution in [0.25, 0.3) is 0 Å². The second-order valence-corrected chi connectivity index (χ2v) is 34.6. The van der Waals surface area contributed by atoms with E-state index in [1.165, 1.54) is 99.0 Å². The molecule has 0 saturated carbocycles. The van der Waals surface area contributed by atoms with Crippen molar-refractivity contribution in [3.05, 3.63) is 0 Å². The van der Waals surface area contributed by atoms with E-state index in [-0.39, 0.29) is 0 Å². The fourth-order valence-electron chi connectivity index (χ4n) is 6.17. The maximum Gasteiger partial charge on any atom is 0.469 e. The Balaban J connectivity index is 5.88. The predicted octanol–water partition coefficient (Wildman–Crippen LogP) is 11.6. The van der Waals surface area contributed by atoms with Crippen LogP contribution in [0.15, 0.2) is 0 Å². The van der Waals surface area contributed by atoms with Gasteiger partial charge in [-0.3, -0.25) is 0 Å². The van der Waals surface area contributed by atoms with Gasteiger partial charge in [-0.2, -0.15) is 0 Å². The molecule has 0 aromatic heterocycles. The Morgan fingerprint density at radius 2 is 0.667 bits per heavy atom. The average molecular weight is 637 g/mol. The van der Waals surface area contributed by atoms with Crippen LogP contribution in [-0.4, -0.2) is 48.7 Å². The lowest BCUT2D eigenvalue weighted by Crippen LogP contribution is -2.64. The molecular weight excluding hydrogens is 565 g/mol. The van der Waals surface area contributed by atoms with E-state index >= 15 is 0 Å². The predicted molar refractivity (Wildman–Crippen MR) is 187 cm³/mol. The fraction of sp³-hybridized carbons (Fsp3) is 1.00. The first-order chi connectivity index (χ1) is 18.4. The van der Waals surface area contributed by atoms with Crippen molar-refractivity contribution >= 4 is 42.1 Å². The minimum atomic E-state index is -2.83. The Labute approximate surface area is 252 Å². The molecule has 0 aliphatic carbocycles. The van der Waals surface area contributed by atoms with E-state index in [4.69, 9.17) is 16.8 Å². The van der Waals surface area contributed by atoms with E-state index in [1.54, 1.807) is 0 Å². The third-order valence-electron chi connectivity index (χ3n) is 9.96. The van der Waals surface area contributed by atoms with Gasteiger partial charge in [-0.25, -0.2) is 0 Å². The molecule has 0 atom stereocenters. The van der Waals surface area contributed by atoms with Crippen molar-refractivity contribution in [2.45, 2.75) is 187 Å². The zero-order chi connectivity index (χ0) is 30.1. The van der Waals surface area contributed by atoms with Crippen LogP contribution in [0.3, 0.4) is 0 Å². The van der Waals surface area contributed by atoms with Crippen LogP contribution in [0.2, 0.25) is 79.6 Å². The lowest BCUT2D eigenvalue weighted by Gasteiger charge is -2.48. The second-order valence-electron chi connectivity index (χ2n) is 12.5. The number of rotatable bonds is 26. The summed E-state index contributed by atoms with van der Waals surface area (Å²) in [7, 11) is -9.94. The Hall–Kier alpha value is 0.924. The Kier molecular flexibility index (Phi) is 20.5. The largest absolute Gasteiger partial charge is 0.469 e. The molecule has 0 fully saturated rings. The van der Waals surface area contributed by atoms with Crippen molar-refractivity contribution in [2.75, 3.05) is 6.61 Å². The second kappa shape index (κ2) is 20.0. The van der Waals surface area contributed by atoms with Crippen molar-refractivity contribution in [3.8, 4) is 0 Å². The third kappa shape index (κ3) is 13.4. The molecule has 0 radical (unpaired) electrons. The number of unbranched alkanes of at least 4 members (excludes halogenated alkanes) is 5. The molecule has 236 valence electrons. The molecule has 0 amide bonds. The average Bonchev–Trinajstić information content (AvgIpc) is 2.95. The molecule has 0 aliphatic rings. The van der Waals surface area contributed by atoms with Gasteiger partial charge in [-0.15, -0.1) is 0 Å². The molecule has 0 aromatic carbocycles. The summed E-state index contributed by atoms with van der Waals surface area (Å²) >= 11 is 0. The van der Waals surface area contributed by atoms with Gasteiger partial charge < -0.3 is 16.8 Å². The van der Waals surface area contributed by atoms with E-state index in [9.17, 15) is 0 Å². The van der Waals surface area contributed by atoms with Gasteiger partial charge in [0.15, 0.2) is 33.3 Å². The molecule has 0 spiro atoms. The van der Waals surface area contributed by atoms with Crippen LogP contribution >= 0.6 is 0 Å². The highest BCUT2D eigenvalue weighted by molar-refractivity contribution is 6.92. The maximum atomic E-state index is 7.59. The van der Waals surface area contributed by atoms with Gasteiger partial charge in [0.05, 0.1) is 0 Å². The quantitative estimate of drug-likeness (QED) is 0.0699. The fourth-order valence-corrected chi connectivity index (χ4v) is 29.3. The van der Waals surface area contributed by atoms with Crippen molar-refractivity contribution in [1.29, 1.82) is 0 Å². The van der Waals surface area contributed by atoms with Crippen LogP contribution in [0.4, 0.5) is 0 Å². The summed E-state index contributed by atoms with van der Waals surface area (Å²) in [5.41, 5.74) is 0. The molecular formula is C30H72O4Si5. The number of hydrogen-bond donors (Lipinski definition) is 0. The standard InChI is InChI=1S/C30H72O4Si5/c1-13-31-35(11,12)29-27-25-23-24-26-28-30-39(32-36(14-2,15-3)16-4,33-37(17-5,18-6)19-7)34-38(20-8,21-9)22-10/h13-30H2,1-12H3. The summed E-state index contributed by atoms with van der Waals surface area (Å²) in [5.74, 6) is 0. The topological polar surface area (TPSA) is 36.9 Å². The van der Waals surface area contributed by atoms with Crippen molar-refractivity contribution in [1.82, 2.24) is 0 Å². The summed E-state index contributed by atoms with van der Waals surface area (Å²) in [4.78, 5) is 0. The van der Waals surface area contributed by atoms with Gasteiger partial charge in [0.2, 0.25) is 0 Å².